The van der Waals surface area contributed by atoms with Crippen LogP contribution in [0.5, 0.6) is 0 Å². The Morgan fingerprint density at radius 1 is 1.40 bits per heavy atom. The zero-order valence-electron chi connectivity index (χ0n) is 8.86. The lowest BCUT2D eigenvalue weighted by atomic mass is 10.2. The summed E-state index contributed by atoms with van der Waals surface area (Å²) in [5.74, 6) is 0.463. The summed E-state index contributed by atoms with van der Waals surface area (Å²) >= 11 is 0. The lowest BCUT2D eigenvalue weighted by Gasteiger charge is -2.05. The van der Waals surface area contributed by atoms with E-state index in [-0.39, 0.29) is 6.03 Å². The smallest absolute Gasteiger partial charge is 0.320 e. The third-order valence-electron chi connectivity index (χ3n) is 1.87. The Morgan fingerprint density at radius 2 is 2.27 bits per heavy atom. The van der Waals surface area contributed by atoms with Crippen LogP contribution in [0.25, 0.3) is 0 Å². The van der Waals surface area contributed by atoms with Gasteiger partial charge in [0.05, 0.1) is 6.20 Å². The number of nitrogens with one attached hydrogen (secondary N) is 2. The monoisotopic (exact) mass is 208 g/mol. The number of urea groups is 1. The molecule has 1 aromatic rings. The van der Waals surface area contributed by atoms with Crippen molar-refractivity contribution in [2.24, 2.45) is 0 Å². The predicted octanol–water partition coefficient (Wildman–Crippen LogP) is 1.79. The summed E-state index contributed by atoms with van der Waals surface area (Å²) in [4.78, 5) is 19.1. The molecule has 0 bridgehead atoms. The molecule has 0 unspecified atom stereocenters. The quantitative estimate of drug-likeness (QED) is 0.725. The van der Waals surface area contributed by atoms with Crippen molar-refractivity contribution in [1.29, 1.82) is 0 Å². The average molecular weight is 208 g/mol. The van der Waals surface area contributed by atoms with Gasteiger partial charge in [-0.1, -0.05) is 19.8 Å². The number of anilines is 1. The number of unbranched alkanes of at least 4 members (excludes halogenated alkanes) is 2. The summed E-state index contributed by atoms with van der Waals surface area (Å²) in [5.41, 5.74) is 0. The second-order valence-electron chi connectivity index (χ2n) is 3.18. The number of aromatic nitrogens is 2. The van der Waals surface area contributed by atoms with Gasteiger partial charge in [-0.2, -0.15) is 0 Å². The number of carbonyl (C=O) groups is 1. The Morgan fingerprint density at radius 3 is 2.93 bits per heavy atom. The molecular weight excluding hydrogens is 192 g/mol. The Hall–Kier alpha value is -1.65. The lowest BCUT2D eigenvalue weighted by Crippen LogP contribution is -2.29. The van der Waals surface area contributed by atoms with Crippen LogP contribution in [0.3, 0.4) is 0 Å². The minimum Gasteiger partial charge on any atom is -0.338 e. The van der Waals surface area contributed by atoms with E-state index in [1.807, 2.05) is 0 Å². The molecule has 1 rings (SSSR count). The zero-order valence-corrected chi connectivity index (χ0v) is 8.86. The first-order chi connectivity index (χ1) is 7.33. The van der Waals surface area contributed by atoms with E-state index in [1.54, 1.807) is 6.20 Å². The first-order valence-electron chi connectivity index (χ1n) is 5.13. The van der Waals surface area contributed by atoms with Crippen LogP contribution < -0.4 is 10.6 Å². The minimum atomic E-state index is -0.230. The van der Waals surface area contributed by atoms with Crippen molar-refractivity contribution in [3.63, 3.8) is 0 Å². The van der Waals surface area contributed by atoms with Gasteiger partial charge in [-0.05, 0) is 6.42 Å². The molecule has 0 fully saturated rings. The Balaban J connectivity index is 2.19. The summed E-state index contributed by atoms with van der Waals surface area (Å²) in [6, 6.07) is -0.230. The normalized spacial score (nSPS) is 9.67. The maximum Gasteiger partial charge on any atom is 0.320 e. The molecule has 0 saturated carbocycles. The number of amides is 2. The molecule has 0 aliphatic heterocycles. The molecule has 2 N–H and O–H groups in total. The number of rotatable bonds is 5. The van der Waals surface area contributed by atoms with Gasteiger partial charge < -0.3 is 5.32 Å². The Labute approximate surface area is 89.3 Å². The van der Waals surface area contributed by atoms with Crippen LogP contribution >= 0.6 is 0 Å². The van der Waals surface area contributed by atoms with Crippen LogP contribution in [0.4, 0.5) is 10.6 Å². The summed E-state index contributed by atoms with van der Waals surface area (Å²) in [7, 11) is 0. The van der Waals surface area contributed by atoms with E-state index in [9.17, 15) is 4.79 Å². The van der Waals surface area contributed by atoms with Crippen LogP contribution in [-0.4, -0.2) is 22.5 Å². The topological polar surface area (TPSA) is 66.9 Å². The predicted molar refractivity (Wildman–Crippen MR) is 58.6 cm³/mol. The molecule has 1 aromatic heterocycles. The average Bonchev–Trinajstić information content (AvgIpc) is 2.26. The summed E-state index contributed by atoms with van der Waals surface area (Å²) in [5, 5.41) is 5.34. The number of carbonyl (C=O) groups excluding carboxylic acids is 1. The van der Waals surface area contributed by atoms with Gasteiger partial charge in [-0.3, -0.25) is 10.3 Å². The van der Waals surface area contributed by atoms with Crippen molar-refractivity contribution in [2.45, 2.75) is 26.2 Å². The zero-order chi connectivity index (χ0) is 10.9. The second kappa shape index (κ2) is 6.75. The fraction of sp³-hybridized carbons (Fsp3) is 0.500. The standard InChI is InChI=1S/C10H16N4O/c1-2-3-4-5-13-10(15)14-9-8-11-6-7-12-9/h6-8H,2-5H2,1H3,(H2,12,13,14,15). The van der Waals surface area contributed by atoms with E-state index >= 15 is 0 Å². The van der Waals surface area contributed by atoms with Gasteiger partial charge in [0.2, 0.25) is 0 Å². The molecule has 5 heteroatoms. The van der Waals surface area contributed by atoms with E-state index in [2.05, 4.69) is 27.5 Å². The molecular formula is C10H16N4O. The fourth-order valence-corrected chi connectivity index (χ4v) is 1.10. The molecule has 0 spiro atoms. The van der Waals surface area contributed by atoms with Gasteiger partial charge in [-0.15, -0.1) is 0 Å². The molecule has 0 aliphatic rings. The van der Waals surface area contributed by atoms with Gasteiger partial charge in [0.15, 0.2) is 5.82 Å². The highest BCUT2D eigenvalue weighted by Gasteiger charge is 2.00. The second-order valence-corrected chi connectivity index (χ2v) is 3.18. The third-order valence-corrected chi connectivity index (χ3v) is 1.87. The largest absolute Gasteiger partial charge is 0.338 e. The van der Waals surface area contributed by atoms with Gasteiger partial charge in [0, 0.05) is 18.9 Å². The Kier molecular flexibility index (Phi) is 5.14. The van der Waals surface area contributed by atoms with Crippen molar-refractivity contribution in [3.05, 3.63) is 18.6 Å². The fourth-order valence-electron chi connectivity index (χ4n) is 1.10. The van der Waals surface area contributed by atoms with Crippen LogP contribution in [0.15, 0.2) is 18.6 Å². The van der Waals surface area contributed by atoms with E-state index in [1.165, 1.54) is 12.4 Å². The van der Waals surface area contributed by atoms with Gasteiger partial charge in [0.25, 0.3) is 0 Å². The molecule has 0 aromatic carbocycles. The highest BCUT2D eigenvalue weighted by Crippen LogP contribution is 1.96. The molecule has 5 nitrogen and oxygen atoms in total. The highest BCUT2D eigenvalue weighted by atomic mass is 16.2. The Bertz CT molecular complexity index is 289. The van der Waals surface area contributed by atoms with Crippen LogP contribution in [0.1, 0.15) is 26.2 Å². The molecule has 0 saturated heterocycles. The molecule has 0 aliphatic carbocycles. The van der Waals surface area contributed by atoms with Crippen molar-refractivity contribution >= 4 is 11.8 Å². The van der Waals surface area contributed by atoms with Gasteiger partial charge in [0.1, 0.15) is 0 Å². The molecule has 2 amide bonds. The van der Waals surface area contributed by atoms with E-state index in [4.69, 9.17) is 0 Å². The minimum absolute atomic E-state index is 0.230. The first-order valence-corrected chi connectivity index (χ1v) is 5.13. The van der Waals surface area contributed by atoms with Gasteiger partial charge in [-0.25, -0.2) is 9.78 Å². The van der Waals surface area contributed by atoms with Crippen molar-refractivity contribution < 1.29 is 4.79 Å². The van der Waals surface area contributed by atoms with Gasteiger partial charge >= 0.3 is 6.03 Å². The van der Waals surface area contributed by atoms with Crippen LogP contribution in [0, 0.1) is 0 Å². The summed E-state index contributed by atoms with van der Waals surface area (Å²) in [6.07, 6.45) is 7.88. The van der Waals surface area contributed by atoms with Crippen molar-refractivity contribution in [1.82, 2.24) is 15.3 Å². The number of hydrogen-bond donors (Lipinski definition) is 2. The summed E-state index contributed by atoms with van der Waals surface area (Å²) < 4.78 is 0. The molecule has 15 heavy (non-hydrogen) atoms. The van der Waals surface area contributed by atoms with Crippen LogP contribution in [0.2, 0.25) is 0 Å². The highest BCUT2D eigenvalue weighted by molar-refractivity contribution is 5.87. The number of hydrogen-bond acceptors (Lipinski definition) is 3. The third kappa shape index (κ3) is 4.95. The molecule has 0 atom stereocenters. The maximum atomic E-state index is 11.3. The summed E-state index contributed by atoms with van der Waals surface area (Å²) in [6.45, 7) is 2.82. The van der Waals surface area contributed by atoms with Crippen molar-refractivity contribution in [2.75, 3.05) is 11.9 Å². The maximum absolute atomic E-state index is 11.3. The van der Waals surface area contributed by atoms with E-state index < -0.39 is 0 Å². The lowest BCUT2D eigenvalue weighted by molar-refractivity contribution is 0.252. The van der Waals surface area contributed by atoms with E-state index in [0.717, 1.165) is 19.3 Å². The number of nitrogens with zero attached hydrogens (tertiary/aromatic N) is 2. The molecule has 82 valence electrons. The van der Waals surface area contributed by atoms with Crippen molar-refractivity contribution in [3.8, 4) is 0 Å². The van der Waals surface area contributed by atoms with Crippen LogP contribution in [-0.2, 0) is 0 Å². The molecule has 1 heterocycles. The molecule has 0 radical (unpaired) electrons. The first kappa shape index (κ1) is 11.4. The SMILES string of the molecule is CCCCCNC(=O)Nc1cnccn1. The van der Waals surface area contributed by atoms with E-state index in [0.29, 0.717) is 12.4 Å².